The lowest BCUT2D eigenvalue weighted by Crippen LogP contribution is -2.36. The maximum atomic E-state index is 13.2. The summed E-state index contributed by atoms with van der Waals surface area (Å²) in [5.41, 5.74) is 3.00. The highest BCUT2D eigenvalue weighted by atomic mass is 16.4. The monoisotopic (exact) mass is 351 g/mol. The van der Waals surface area contributed by atoms with Crippen molar-refractivity contribution in [2.45, 2.75) is 50.5 Å². The molecular weight excluding hydrogens is 326 g/mol. The summed E-state index contributed by atoms with van der Waals surface area (Å²) in [5.74, 6) is 2.96. The van der Waals surface area contributed by atoms with E-state index in [9.17, 15) is 4.79 Å². The third-order valence-corrected chi connectivity index (χ3v) is 6.18. The minimum atomic E-state index is 0.131. The Balaban J connectivity index is 1.37. The number of amides is 1. The van der Waals surface area contributed by atoms with E-state index in [4.69, 9.17) is 9.40 Å². The molecule has 1 amide bonds. The van der Waals surface area contributed by atoms with E-state index in [1.807, 2.05) is 23.1 Å². The average molecular weight is 351 g/mol. The molecule has 2 aromatic rings. The number of hydrogen-bond acceptors (Lipinski definition) is 4. The Morgan fingerprint density at radius 2 is 2.08 bits per heavy atom. The van der Waals surface area contributed by atoms with Gasteiger partial charge in [-0.3, -0.25) is 4.79 Å². The van der Waals surface area contributed by atoms with Crippen molar-refractivity contribution >= 4 is 5.91 Å². The zero-order valence-electron chi connectivity index (χ0n) is 15.0. The van der Waals surface area contributed by atoms with Crippen LogP contribution in [-0.4, -0.2) is 35.4 Å². The molecule has 5 rings (SSSR count). The molecular formula is C21H25N3O2. The second-order valence-corrected chi connectivity index (χ2v) is 7.80. The van der Waals surface area contributed by atoms with Crippen molar-refractivity contribution in [2.75, 3.05) is 19.6 Å². The van der Waals surface area contributed by atoms with Crippen LogP contribution in [0.1, 0.15) is 70.8 Å². The summed E-state index contributed by atoms with van der Waals surface area (Å²) in [5, 5.41) is 3.41. The topological polar surface area (TPSA) is 58.4 Å². The normalized spacial score (nSPS) is 22.9. The number of benzene rings is 1. The van der Waals surface area contributed by atoms with E-state index in [-0.39, 0.29) is 5.91 Å². The number of nitrogens with one attached hydrogen (secondary N) is 1. The SMILES string of the molecule is O=C(c1ccccc1C1CCNC1)N1CCc2oc(C3CCC3)nc2C1. The van der Waals surface area contributed by atoms with E-state index in [1.165, 1.54) is 24.8 Å². The minimum absolute atomic E-state index is 0.131. The van der Waals surface area contributed by atoms with Gasteiger partial charge in [0.1, 0.15) is 11.5 Å². The van der Waals surface area contributed by atoms with Gasteiger partial charge in [-0.05, 0) is 43.4 Å². The molecule has 5 heteroatoms. The van der Waals surface area contributed by atoms with E-state index in [2.05, 4.69) is 11.4 Å². The van der Waals surface area contributed by atoms with Gasteiger partial charge in [-0.1, -0.05) is 24.6 Å². The van der Waals surface area contributed by atoms with E-state index >= 15 is 0 Å². The van der Waals surface area contributed by atoms with Crippen molar-refractivity contribution < 1.29 is 9.21 Å². The molecule has 26 heavy (non-hydrogen) atoms. The van der Waals surface area contributed by atoms with Crippen LogP contribution in [-0.2, 0) is 13.0 Å². The van der Waals surface area contributed by atoms with Crippen LogP contribution in [0, 0.1) is 0 Å². The second-order valence-electron chi connectivity index (χ2n) is 7.80. The largest absolute Gasteiger partial charge is 0.445 e. The van der Waals surface area contributed by atoms with Gasteiger partial charge in [0.15, 0.2) is 5.89 Å². The molecule has 0 radical (unpaired) electrons. The van der Waals surface area contributed by atoms with Gasteiger partial charge in [0, 0.05) is 31.0 Å². The fourth-order valence-corrected chi connectivity index (χ4v) is 4.36. The molecule has 1 atom stereocenters. The van der Waals surface area contributed by atoms with Gasteiger partial charge < -0.3 is 14.6 Å². The molecule has 3 heterocycles. The number of rotatable bonds is 3. The van der Waals surface area contributed by atoms with Gasteiger partial charge in [-0.25, -0.2) is 4.98 Å². The van der Waals surface area contributed by atoms with E-state index in [1.54, 1.807) is 0 Å². The number of oxazole rings is 1. The van der Waals surface area contributed by atoms with Crippen molar-refractivity contribution in [1.82, 2.24) is 15.2 Å². The lowest BCUT2D eigenvalue weighted by atomic mass is 9.85. The molecule has 136 valence electrons. The Labute approximate surface area is 153 Å². The standard InChI is InChI=1S/C21H25N3O2/c25-21(17-7-2-1-6-16(17)15-8-10-22-12-15)24-11-9-19-18(13-24)23-20(26-19)14-4-3-5-14/h1-2,6-7,14-15,22H,3-5,8-13H2. The van der Waals surface area contributed by atoms with Crippen molar-refractivity contribution in [3.05, 3.63) is 52.7 Å². The highest BCUT2D eigenvalue weighted by Gasteiger charge is 2.31. The molecule has 0 spiro atoms. The zero-order chi connectivity index (χ0) is 17.5. The van der Waals surface area contributed by atoms with Crippen LogP contribution in [0.25, 0.3) is 0 Å². The summed E-state index contributed by atoms with van der Waals surface area (Å²) in [7, 11) is 0. The molecule has 1 saturated carbocycles. The summed E-state index contributed by atoms with van der Waals surface area (Å²) in [6, 6.07) is 8.11. The summed E-state index contributed by atoms with van der Waals surface area (Å²) >= 11 is 0. The third kappa shape index (κ3) is 2.75. The van der Waals surface area contributed by atoms with Crippen LogP contribution < -0.4 is 5.32 Å². The first-order valence-electron chi connectivity index (χ1n) is 9.87. The molecule has 1 aromatic heterocycles. The first-order valence-corrected chi connectivity index (χ1v) is 9.87. The fourth-order valence-electron chi connectivity index (χ4n) is 4.36. The van der Waals surface area contributed by atoms with Gasteiger partial charge in [0.2, 0.25) is 0 Å². The molecule has 1 aliphatic carbocycles. The summed E-state index contributed by atoms with van der Waals surface area (Å²) < 4.78 is 5.99. The van der Waals surface area contributed by atoms with Crippen LogP contribution >= 0.6 is 0 Å². The van der Waals surface area contributed by atoms with Gasteiger partial charge in [-0.15, -0.1) is 0 Å². The number of nitrogens with zero attached hydrogens (tertiary/aromatic N) is 2. The fraction of sp³-hybridized carbons (Fsp3) is 0.524. The molecule has 1 unspecified atom stereocenters. The predicted molar refractivity (Wildman–Crippen MR) is 98.2 cm³/mol. The van der Waals surface area contributed by atoms with E-state index < -0.39 is 0 Å². The summed E-state index contributed by atoms with van der Waals surface area (Å²) in [6.45, 7) is 3.27. The molecule has 2 aliphatic heterocycles. The molecule has 1 saturated heterocycles. The number of hydrogen-bond donors (Lipinski definition) is 1. The maximum absolute atomic E-state index is 13.2. The molecule has 1 aromatic carbocycles. The smallest absolute Gasteiger partial charge is 0.254 e. The summed E-state index contributed by atoms with van der Waals surface area (Å²) in [4.78, 5) is 19.9. The van der Waals surface area contributed by atoms with Crippen LogP contribution in [0.2, 0.25) is 0 Å². The zero-order valence-corrected chi connectivity index (χ0v) is 15.0. The quantitative estimate of drug-likeness (QED) is 0.922. The lowest BCUT2D eigenvalue weighted by Gasteiger charge is -2.27. The Kier molecular flexibility index (Phi) is 4.04. The first-order chi connectivity index (χ1) is 12.8. The molecule has 3 aliphatic rings. The van der Waals surface area contributed by atoms with Gasteiger partial charge in [-0.2, -0.15) is 0 Å². The van der Waals surface area contributed by atoms with Crippen LogP contribution in [0.5, 0.6) is 0 Å². The van der Waals surface area contributed by atoms with Crippen molar-refractivity contribution in [3.8, 4) is 0 Å². The first kappa shape index (κ1) is 16.1. The molecule has 2 fully saturated rings. The summed E-state index contributed by atoms with van der Waals surface area (Å²) in [6.07, 6.45) is 5.52. The van der Waals surface area contributed by atoms with Crippen molar-refractivity contribution in [2.24, 2.45) is 0 Å². The van der Waals surface area contributed by atoms with Gasteiger partial charge in [0.05, 0.1) is 6.54 Å². The number of carbonyl (C=O) groups excluding carboxylic acids is 1. The van der Waals surface area contributed by atoms with E-state index in [0.717, 1.165) is 48.8 Å². The second kappa shape index (κ2) is 6.54. The van der Waals surface area contributed by atoms with Crippen molar-refractivity contribution in [3.63, 3.8) is 0 Å². The highest BCUT2D eigenvalue weighted by Crippen LogP contribution is 2.37. The van der Waals surface area contributed by atoms with Gasteiger partial charge >= 0.3 is 0 Å². The Bertz CT molecular complexity index is 818. The Morgan fingerprint density at radius 1 is 1.19 bits per heavy atom. The maximum Gasteiger partial charge on any atom is 0.254 e. The average Bonchev–Trinajstić information content (AvgIpc) is 3.28. The number of fused-ring (bicyclic) bond motifs is 1. The molecule has 1 N–H and O–H groups in total. The van der Waals surface area contributed by atoms with Crippen molar-refractivity contribution in [1.29, 1.82) is 0 Å². The Hall–Kier alpha value is -2.14. The van der Waals surface area contributed by atoms with Crippen LogP contribution in [0.15, 0.2) is 28.7 Å². The molecule has 0 bridgehead atoms. The minimum Gasteiger partial charge on any atom is -0.445 e. The number of carbonyl (C=O) groups is 1. The lowest BCUT2D eigenvalue weighted by molar-refractivity contribution is 0.0726. The highest BCUT2D eigenvalue weighted by molar-refractivity contribution is 5.96. The predicted octanol–water partition coefficient (Wildman–Crippen LogP) is 3.22. The van der Waals surface area contributed by atoms with Gasteiger partial charge in [0.25, 0.3) is 5.91 Å². The number of aromatic nitrogens is 1. The van der Waals surface area contributed by atoms with Crippen LogP contribution in [0.4, 0.5) is 0 Å². The van der Waals surface area contributed by atoms with Crippen LogP contribution in [0.3, 0.4) is 0 Å². The van der Waals surface area contributed by atoms with E-state index in [0.29, 0.717) is 24.9 Å². The Morgan fingerprint density at radius 3 is 2.85 bits per heavy atom. The third-order valence-electron chi connectivity index (χ3n) is 6.18. The molecule has 5 nitrogen and oxygen atoms in total.